The Hall–Kier alpha value is -3.59. The fourth-order valence-electron chi connectivity index (χ4n) is 4.11. The van der Waals surface area contributed by atoms with Gasteiger partial charge in [0.25, 0.3) is 0 Å². The number of nitrogens with zero attached hydrogens (tertiary/aromatic N) is 9. The van der Waals surface area contributed by atoms with E-state index in [0.29, 0.717) is 56.7 Å². The Morgan fingerprint density at radius 1 is 0.968 bits per heavy atom. The standard InChI is InChI=1S/C19H23N9O3/c1-13-10-27(11-14(2)31-13)19-16(28(29)30)18(23-12-24-19)26-7-5-25(6-8-26)17-15(9-20)21-3-4-22-17/h3-4,12-14H,5-8,10-11H2,1-2H3. The lowest BCUT2D eigenvalue weighted by molar-refractivity contribution is -0.383. The number of anilines is 3. The van der Waals surface area contributed by atoms with E-state index in [-0.39, 0.29) is 23.6 Å². The van der Waals surface area contributed by atoms with E-state index in [1.165, 1.54) is 12.5 Å². The van der Waals surface area contributed by atoms with Crippen molar-refractivity contribution in [2.75, 3.05) is 54.0 Å². The van der Waals surface area contributed by atoms with Crippen molar-refractivity contribution in [3.8, 4) is 6.07 Å². The quantitative estimate of drug-likeness (QED) is 0.512. The number of hydrogen-bond donors (Lipinski definition) is 0. The van der Waals surface area contributed by atoms with Crippen LogP contribution in [0, 0.1) is 21.4 Å². The van der Waals surface area contributed by atoms with Gasteiger partial charge in [0.2, 0.25) is 11.6 Å². The molecule has 0 saturated carbocycles. The SMILES string of the molecule is CC1CN(c2ncnc(N3CCN(c4nccnc4C#N)CC3)c2[N+](=O)[O-])CC(C)O1. The molecule has 2 fully saturated rings. The van der Waals surface area contributed by atoms with Gasteiger partial charge in [-0.1, -0.05) is 0 Å². The van der Waals surface area contributed by atoms with Crippen molar-refractivity contribution in [1.29, 1.82) is 5.26 Å². The minimum atomic E-state index is -0.404. The van der Waals surface area contributed by atoms with E-state index in [0.717, 1.165) is 0 Å². The first kappa shape index (κ1) is 20.7. The molecule has 12 nitrogen and oxygen atoms in total. The molecule has 2 aromatic rings. The number of piperazine rings is 1. The monoisotopic (exact) mass is 425 g/mol. The van der Waals surface area contributed by atoms with Gasteiger partial charge in [0.05, 0.1) is 17.1 Å². The van der Waals surface area contributed by atoms with Gasteiger partial charge in [-0.05, 0) is 13.8 Å². The molecule has 0 aromatic carbocycles. The summed E-state index contributed by atoms with van der Waals surface area (Å²) in [5.74, 6) is 1.15. The highest BCUT2D eigenvalue weighted by Gasteiger charge is 2.34. The van der Waals surface area contributed by atoms with Crippen LogP contribution in [0.15, 0.2) is 18.7 Å². The zero-order valence-electron chi connectivity index (χ0n) is 17.4. The number of morpholine rings is 1. The van der Waals surface area contributed by atoms with Gasteiger partial charge in [-0.15, -0.1) is 0 Å². The third kappa shape index (κ3) is 4.17. The van der Waals surface area contributed by atoms with Crippen molar-refractivity contribution in [3.63, 3.8) is 0 Å². The maximum absolute atomic E-state index is 12.0. The van der Waals surface area contributed by atoms with Crippen LogP contribution in [0.1, 0.15) is 19.5 Å². The van der Waals surface area contributed by atoms with E-state index in [2.05, 4.69) is 26.0 Å². The number of aromatic nitrogens is 4. The number of rotatable bonds is 4. The highest BCUT2D eigenvalue weighted by molar-refractivity contribution is 5.72. The van der Waals surface area contributed by atoms with Gasteiger partial charge in [0.1, 0.15) is 12.4 Å². The molecule has 2 aliphatic heterocycles. The number of hydrogen-bond acceptors (Lipinski definition) is 11. The van der Waals surface area contributed by atoms with Crippen LogP contribution in [0.2, 0.25) is 0 Å². The number of nitro groups is 1. The van der Waals surface area contributed by atoms with Crippen molar-refractivity contribution in [3.05, 3.63) is 34.5 Å². The molecule has 2 aliphatic rings. The average Bonchev–Trinajstić information content (AvgIpc) is 2.78. The molecule has 12 heteroatoms. The van der Waals surface area contributed by atoms with E-state index in [1.807, 2.05) is 28.5 Å². The Kier molecular flexibility index (Phi) is 5.77. The van der Waals surface area contributed by atoms with Crippen LogP contribution < -0.4 is 14.7 Å². The highest BCUT2D eigenvalue weighted by Crippen LogP contribution is 2.36. The van der Waals surface area contributed by atoms with Gasteiger partial charge in [0, 0.05) is 51.7 Å². The second-order valence-electron chi connectivity index (χ2n) is 7.60. The van der Waals surface area contributed by atoms with E-state index >= 15 is 0 Å². The van der Waals surface area contributed by atoms with Crippen LogP contribution >= 0.6 is 0 Å². The molecule has 0 bridgehead atoms. The zero-order chi connectivity index (χ0) is 22.0. The van der Waals surface area contributed by atoms with Gasteiger partial charge < -0.3 is 19.4 Å². The van der Waals surface area contributed by atoms with E-state index in [1.54, 1.807) is 6.20 Å². The third-order valence-electron chi connectivity index (χ3n) is 5.35. The van der Waals surface area contributed by atoms with Crippen molar-refractivity contribution in [2.45, 2.75) is 26.1 Å². The molecule has 0 amide bonds. The molecule has 4 heterocycles. The molecule has 0 aliphatic carbocycles. The molecule has 0 radical (unpaired) electrons. The summed E-state index contributed by atoms with van der Waals surface area (Å²) in [5.41, 5.74) is 0.177. The molecule has 2 saturated heterocycles. The summed E-state index contributed by atoms with van der Waals surface area (Å²) in [6.45, 7) is 7.00. The summed E-state index contributed by atoms with van der Waals surface area (Å²) in [6.07, 6.45) is 4.31. The fraction of sp³-hybridized carbons (Fsp3) is 0.526. The molecule has 2 unspecified atom stereocenters. The van der Waals surface area contributed by atoms with Crippen molar-refractivity contribution < 1.29 is 9.66 Å². The second kappa shape index (κ2) is 8.65. The predicted molar refractivity (Wildman–Crippen MR) is 112 cm³/mol. The molecular formula is C19H23N9O3. The Labute approximate surface area is 179 Å². The molecule has 0 spiro atoms. The normalized spacial score (nSPS) is 21.6. The van der Waals surface area contributed by atoms with E-state index in [9.17, 15) is 15.4 Å². The minimum absolute atomic E-state index is 0.0494. The maximum atomic E-state index is 12.0. The molecule has 0 N–H and O–H groups in total. The summed E-state index contributed by atoms with van der Waals surface area (Å²) in [4.78, 5) is 34.2. The summed E-state index contributed by atoms with van der Waals surface area (Å²) < 4.78 is 5.75. The van der Waals surface area contributed by atoms with Crippen molar-refractivity contribution >= 4 is 23.1 Å². The molecule has 4 rings (SSSR count). The first-order valence-corrected chi connectivity index (χ1v) is 10.1. The van der Waals surface area contributed by atoms with Gasteiger partial charge in [-0.25, -0.2) is 19.9 Å². The summed E-state index contributed by atoms with van der Waals surface area (Å²) >= 11 is 0. The summed E-state index contributed by atoms with van der Waals surface area (Å²) in [7, 11) is 0. The Bertz CT molecular complexity index is 993. The van der Waals surface area contributed by atoms with E-state index < -0.39 is 4.92 Å². The zero-order valence-corrected chi connectivity index (χ0v) is 17.4. The lowest BCUT2D eigenvalue weighted by Gasteiger charge is -2.37. The van der Waals surface area contributed by atoms with Gasteiger partial charge in [0.15, 0.2) is 11.5 Å². The second-order valence-corrected chi connectivity index (χ2v) is 7.60. The minimum Gasteiger partial charge on any atom is -0.372 e. The Balaban J connectivity index is 1.58. The van der Waals surface area contributed by atoms with Crippen LogP contribution in [0.5, 0.6) is 0 Å². The van der Waals surface area contributed by atoms with Crippen LogP contribution in [0.4, 0.5) is 23.1 Å². The van der Waals surface area contributed by atoms with Crippen LogP contribution in [-0.4, -0.2) is 76.3 Å². The largest absolute Gasteiger partial charge is 0.372 e. The number of nitriles is 1. The molecular weight excluding hydrogens is 402 g/mol. The Morgan fingerprint density at radius 3 is 2.10 bits per heavy atom. The van der Waals surface area contributed by atoms with E-state index in [4.69, 9.17) is 4.74 Å². The molecule has 2 atom stereocenters. The van der Waals surface area contributed by atoms with Crippen molar-refractivity contribution in [1.82, 2.24) is 19.9 Å². The lowest BCUT2D eigenvalue weighted by atomic mass is 10.2. The first-order chi connectivity index (χ1) is 15.0. The van der Waals surface area contributed by atoms with Crippen LogP contribution in [0.3, 0.4) is 0 Å². The maximum Gasteiger partial charge on any atom is 0.353 e. The summed E-state index contributed by atoms with van der Waals surface area (Å²) in [5, 5.41) is 21.3. The van der Waals surface area contributed by atoms with Gasteiger partial charge in [-0.3, -0.25) is 10.1 Å². The predicted octanol–water partition coefficient (Wildman–Crippen LogP) is 0.987. The lowest BCUT2D eigenvalue weighted by Crippen LogP contribution is -2.48. The smallest absolute Gasteiger partial charge is 0.353 e. The van der Waals surface area contributed by atoms with Gasteiger partial charge >= 0.3 is 5.69 Å². The Morgan fingerprint density at radius 2 is 1.52 bits per heavy atom. The number of ether oxygens (including phenoxy) is 1. The van der Waals surface area contributed by atoms with Crippen molar-refractivity contribution in [2.24, 2.45) is 0 Å². The molecule has 31 heavy (non-hydrogen) atoms. The topological polar surface area (TPSA) is 137 Å². The first-order valence-electron chi connectivity index (χ1n) is 10.1. The third-order valence-corrected chi connectivity index (χ3v) is 5.35. The van der Waals surface area contributed by atoms with Crippen LogP contribution in [-0.2, 0) is 4.74 Å². The molecule has 2 aromatic heterocycles. The van der Waals surface area contributed by atoms with Gasteiger partial charge in [-0.2, -0.15) is 5.26 Å². The fourth-order valence-corrected chi connectivity index (χ4v) is 4.11. The molecule has 162 valence electrons. The average molecular weight is 425 g/mol. The van der Waals surface area contributed by atoms with Crippen LogP contribution in [0.25, 0.3) is 0 Å². The highest BCUT2D eigenvalue weighted by atomic mass is 16.6. The summed E-state index contributed by atoms with van der Waals surface area (Å²) in [6, 6.07) is 2.06.